The van der Waals surface area contributed by atoms with Crippen LogP contribution in [-0.2, 0) is 14.0 Å². The molecule has 1 fully saturated rings. The van der Waals surface area contributed by atoms with E-state index in [1.807, 2.05) is 37.3 Å². The lowest BCUT2D eigenvalue weighted by atomic mass is 9.71. The summed E-state index contributed by atoms with van der Waals surface area (Å²) in [6.45, 7) is 11.0. The zero-order chi connectivity index (χ0) is 31.3. The highest BCUT2D eigenvalue weighted by Crippen LogP contribution is 2.44. The SMILES string of the molecule is CC1=c2c(cc3c(c2C)N=c2ccccc2=3)N=C1C(=O)O[C@]1(O[SiH](c2ccccc2)c2ccccc2)CC[C@@H](C(C)(C)C)CC1. The number of nitrogens with zero attached hydrogens (tertiary/aromatic N) is 2. The van der Waals surface area contributed by atoms with Crippen LogP contribution in [-0.4, -0.2) is 26.5 Å². The first kappa shape index (κ1) is 29.6. The Morgan fingerprint density at radius 3 is 2.04 bits per heavy atom. The molecule has 2 aliphatic heterocycles. The summed E-state index contributed by atoms with van der Waals surface area (Å²) in [4.78, 5) is 24.1. The van der Waals surface area contributed by atoms with Gasteiger partial charge < -0.3 is 9.16 Å². The molecule has 228 valence electrons. The fourth-order valence-electron chi connectivity index (χ4n) is 7.33. The summed E-state index contributed by atoms with van der Waals surface area (Å²) in [5.74, 6) is -0.910. The zero-order valence-corrected chi connectivity index (χ0v) is 27.9. The first-order chi connectivity index (χ1) is 21.6. The van der Waals surface area contributed by atoms with E-state index in [2.05, 4.69) is 88.4 Å². The molecule has 0 amide bonds. The largest absolute Gasteiger partial charge is 0.429 e. The van der Waals surface area contributed by atoms with Crippen LogP contribution in [0, 0.1) is 28.7 Å². The fourth-order valence-corrected chi connectivity index (χ4v) is 9.84. The van der Waals surface area contributed by atoms with Gasteiger partial charge in [-0.1, -0.05) is 99.6 Å². The molecule has 0 aromatic heterocycles. The van der Waals surface area contributed by atoms with Gasteiger partial charge in [-0.25, -0.2) is 14.8 Å². The van der Waals surface area contributed by atoms with Gasteiger partial charge in [0.15, 0.2) is 5.71 Å². The van der Waals surface area contributed by atoms with E-state index in [1.54, 1.807) is 0 Å². The van der Waals surface area contributed by atoms with Crippen molar-refractivity contribution in [2.24, 2.45) is 21.3 Å². The lowest BCUT2D eigenvalue weighted by Gasteiger charge is -2.44. The second kappa shape index (κ2) is 11.3. The van der Waals surface area contributed by atoms with Gasteiger partial charge in [0, 0.05) is 28.5 Å². The lowest BCUT2D eigenvalue weighted by Crippen LogP contribution is -2.55. The number of carbonyl (C=O) groups excluding carboxylic acids is 1. The molecule has 0 N–H and O–H groups in total. The van der Waals surface area contributed by atoms with Gasteiger partial charge in [-0.05, 0) is 71.7 Å². The number of esters is 1. The average Bonchev–Trinajstić information content (AvgIpc) is 3.59. The summed E-state index contributed by atoms with van der Waals surface area (Å²) < 4.78 is 13.8. The Balaban J connectivity index is 1.26. The smallest absolute Gasteiger partial charge is 0.359 e. The predicted molar refractivity (Wildman–Crippen MR) is 183 cm³/mol. The summed E-state index contributed by atoms with van der Waals surface area (Å²) in [5.41, 5.74) is 4.17. The Labute approximate surface area is 266 Å². The Bertz CT molecular complexity index is 2000. The third-order valence-corrected chi connectivity index (χ3v) is 12.5. The number of aliphatic imine (C=N–C) groups is 1. The van der Waals surface area contributed by atoms with Crippen LogP contribution in [0.3, 0.4) is 0 Å². The summed E-state index contributed by atoms with van der Waals surface area (Å²) >= 11 is 0. The molecule has 0 bridgehead atoms. The zero-order valence-electron chi connectivity index (χ0n) is 26.8. The maximum Gasteiger partial charge on any atom is 0.359 e. The van der Waals surface area contributed by atoms with E-state index >= 15 is 0 Å². The molecule has 0 saturated heterocycles. The number of hydrogen-bond donors (Lipinski definition) is 0. The molecule has 1 saturated carbocycles. The Morgan fingerprint density at radius 1 is 0.822 bits per heavy atom. The van der Waals surface area contributed by atoms with Crippen molar-refractivity contribution >= 4 is 48.0 Å². The molecule has 45 heavy (non-hydrogen) atoms. The van der Waals surface area contributed by atoms with E-state index < -0.39 is 20.8 Å². The maximum atomic E-state index is 14.2. The summed E-state index contributed by atoms with van der Waals surface area (Å²) in [7, 11) is -2.21. The van der Waals surface area contributed by atoms with Crippen LogP contribution in [0.15, 0.2) is 101 Å². The number of fused-ring (bicyclic) bond motifs is 3. The van der Waals surface area contributed by atoms with Crippen molar-refractivity contribution in [1.29, 1.82) is 0 Å². The van der Waals surface area contributed by atoms with Crippen molar-refractivity contribution in [3.63, 3.8) is 0 Å². The minimum Gasteiger partial charge on any atom is -0.429 e. The first-order valence-corrected chi connectivity index (χ1v) is 17.7. The maximum absolute atomic E-state index is 14.2. The first-order valence-electron chi connectivity index (χ1n) is 16.1. The topological polar surface area (TPSA) is 60.2 Å². The average molecular weight is 613 g/mol. The normalized spacial score (nSPS) is 20.3. The van der Waals surface area contributed by atoms with Crippen LogP contribution in [0.2, 0.25) is 0 Å². The van der Waals surface area contributed by atoms with Crippen molar-refractivity contribution < 1.29 is 14.0 Å². The number of ether oxygens (including phenoxy) is 1. The van der Waals surface area contributed by atoms with Gasteiger partial charge in [0.1, 0.15) is 0 Å². The van der Waals surface area contributed by atoms with Crippen molar-refractivity contribution in [3.8, 4) is 0 Å². The number of para-hydroxylation sites is 1. The van der Waals surface area contributed by atoms with E-state index in [-0.39, 0.29) is 5.41 Å². The van der Waals surface area contributed by atoms with Crippen molar-refractivity contribution in [2.75, 3.05) is 0 Å². The van der Waals surface area contributed by atoms with Crippen molar-refractivity contribution in [2.45, 2.75) is 66.1 Å². The van der Waals surface area contributed by atoms with Crippen LogP contribution in [0.25, 0.3) is 5.57 Å². The quantitative estimate of drug-likeness (QED) is 0.138. The number of hydrogen-bond acceptors (Lipinski definition) is 5. The van der Waals surface area contributed by atoms with Crippen LogP contribution in [0.1, 0.15) is 58.9 Å². The minimum atomic E-state index is -2.21. The standard InChI is InChI=1S/C39H40N2O3Si/c1-25-34-26(2)36(41-33(34)24-31-30-18-12-13-19-32(30)40-35(25)31)37(42)43-39(22-20-27(21-23-39)38(3,4)5)44-45(28-14-8-6-9-15-28)29-16-10-7-11-17-29/h6-19,24,27,45H,20-23H2,1-5H3/t27-,39+. The van der Waals surface area contributed by atoms with E-state index in [4.69, 9.17) is 19.1 Å². The number of carbonyl (C=O) groups is 1. The van der Waals surface area contributed by atoms with Crippen LogP contribution < -0.4 is 20.9 Å². The molecular formula is C39H40N2O3Si. The third kappa shape index (κ3) is 5.40. The molecule has 3 aliphatic rings. The predicted octanol–water partition coefficient (Wildman–Crippen LogP) is 5.83. The molecule has 0 unspecified atom stereocenters. The number of rotatable bonds is 6. The van der Waals surface area contributed by atoms with Gasteiger partial charge in [-0.2, -0.15) is 0 Å². The van der Waals surface area contributed by atoms with Crippen LogP contribution >= 0.6 is 0 Å². The highest BCUT2D eigenvalue weighted by atomic mass is 28.3. The molecule has 1 aliphatic carbocycles. The molecule has 0 spiro atoms. The van der Waals surface area contributed by atoms with Crippen LogP contribution in [0.4, 0.5) is 11.4 Å². The number of benzene rings is 4. The van der Waals surface area contributed by atoms with E-state index in [0.29, 0.717) is 24.5 Å². The van der Waals surface area contributed by atoms with Gasteiger partial charge in [0.2, 0.25) is 14.8 Å². The summed E-state index contributed by atoms with van der Waals surface area (Å²) in [5, 5.41) is 6.45. The second-order valence-corrected chi connectivity index (χ2v) is 16.1. The van der Waals surface area contributed by atoms with Gasteiger partial charge in [-0.15, -0.1) is 0 Å². The molecular weight excluding hydrogens is 573 g/mol. The molecule has 2 heterocycles. The molecule has 0 atom stereocenters. The molecule has 5 nitrogen and oxygen atoms in total. The van der Waals surface area contributed by atoms with Gasteiger partial charge >= 0.3 is 5.97 Å². The van der Waals surface area contributed by atoms with Crippen molar-refractivity contribution in [1.82, 2.24) is 0 Å². The molecule has 4 aromatic rings. The Kier molecular flexibility index (Phi) is 7.45. The van der Waals surface area contributed by atoms with Gasteiger partial charge in [0.05, 0.1) is 16.7 Å². The molecule has 4 aromatic carbocycles. The highest BCUT2D eigenvalue weighted by molar-refractivity contribution is 6.80. The van der Waals surface area contributed by atoms with Crippen LogP contribution in [0.5, 0.6) is 0 Å². The van der Waals surface area contributed by atoms with E-state index in [1.165, 1.54) is 10.4 Å². The minimum absolute atomic E-state index is 0.176. The Hall–Kier alpha value is -4.13. The molecule has 7 rings (SSSR count). The molecule has 6 heteroatoms. The summed E-state index contributed by atoms with van der Waals surface area (Å²) in [6, 6.07) is 31.1. The lowest BCUT2D eigenvalue weighted by molar-refractivity contribution is -0.207. The monoisotopic (exact) mass is 612 g/mol. The van der Waals surface area contributed by atoms with E-state index in [9.17, 15) is 4.79 Å². The van der Waals surface area contributed by atoms with Crippen molar-refractivity contribution in [3.05, 3.63) is 118 Å². The Morgan fingerprint density at radius 2 is 1.42 bits per heavy atom. The van der Waals surface area contributed by atoms with Gasteiger partial charge in [-0.3, -0.25) is 0 Å². The third-order valence-electron chi connectivity index (χ3n) is 9.89. The second-order valence-electron chi connectivity index (χ2n) is 13.8. The van der Waals surface area contributed by atoms with E-state index in [0.717, 1.165) is 56.4 Å². The fraction of sp³-hybridized carbons (Fsp3) is 0.308. The summed E-state index contributed by atoms with van der Waals surface area (Å²) in [6.07, 6.45) is 3.19. The molecule has 0 radical (unpaired) electrons. The highest BCUT2D eigenvalue weighted by Gasteiger charge is 2.45. The van der Waals surface area contributed by atoms with Gasteiger partial charge in [0.25, 0.3) is 0 Å².